The van der Waals surface area contributed by atoms with Gasteiger partial charge >= 0.3 is 0 Å². The molecule has 1 aromatic carbocycles. The Morgan fingerprint density at radius 3 is 2.93 bits per heavy atom. The Morgan fingerprint density at radius 1 is 1.33 bits per heavy atom. The molecule has 0 aliphatic carbocycles. The number of halogens is 1. The zero-order valence-electron chi connectivity index (χ0n) is 14.7. The molecule has 0 amide bonds. The summed E-state index contributed by atoms with van der Waals surface area (Å²) in [5.41, 5.74) is 7.13. The van der Waals surface area contributed by atoms with Crippen molar-refractivity contribution in [1.29, 1.82) is 0 Å². The molecular formula is C17H19ClN4O4S. The summed E-state index contributed by atoms with van der Waals surface area (Å²) in [4.78, 5) is 10.5. The summed E-state index contributed by atoms with van der Waals surface area (Å²) in [6.07, 6.45) is 1.99. The minimum absolute atomic E-state index is 0.0807. The molecule has 2 aromatic rings. The average molecular weight is 411 g/mol. The molecule has 1 saturated heterocycles. The molecule has 2 aliphatic rings. The molecule has 8 nitrogen and oxygen atoms in total. The predicted molar refractivity (Wildman–Crippen MR) is 102 cm³/mol. The van der Waals surface area contributed by atoms with Crippen LogP contribution in [0.25, 0.3) is 0 Å². The van der Waals surface area contributed by atoms with E-state index in [1.54, 1.807) is 18.2 Å². The van der Waals surface area contributed by atoms with Gasteiger partial charge in [-0.2, -0.15) is 9.97 Å². The van der Waals surface area contributed by atoms with Gasteiger partial charge in [0.1, 0.15) is 11.6 Å². The van der Waals surface area contributed by atoms with E-state index in [0.717, 1.165) is 12.0 Å². The number of rotatable bonds is 2. The zero-order chi connectivity index (χ0) is 19.2. The van der Waals surface area contributed by atoms with Gasteiger partial charge in [0.05, 0.1) is 18.4 Å². The van der Waals surface area contributed by atoms with Gasteiger partial charge in [0, 0.05) is 36.1 Å². The highest BCUT2D eigenvalue weighted by Gasteiger charge is 2.30. The van der Waals surface area contributed by atoms with Crippen LogP contribution in [0.1, 0.15) is 23.6 Å². The van der Waals surface area contributed by atoms with Crippen LogP contribution in [0.3, 0.4) is 0 Å². The number of nitrogens with zero attached hydrogens (tertiary/aromatic N) is 3. The van der Waals surface area contributed by atoms with E-state index in [9.17, 15) is 8.42 Å². The van der Waals surface area contributed by atoms with Crippen LogP contribution in [0.4, 0.5) is 11.8 Å². The van der Waals surface area contributed by atoms with Crippen molar-refractivity contribution in [3.8, 4) is 11.6 Å². The monoisotopic (exact) mass is 410 g/mol. The molecule has 3 heterocycles. The fraction of sp³-hybridized carbons (Fsp3) is 0.412. The van der Waals surface area contributed by atoms with E-state index in [4.69, 9.17) is 26.8 Å². The first-order valence-electron chi connectivity index (χ1n) is 8.47. The van der Waals surface area contributed by atoms with Crippen LogP contribution in [0, 0.1) is 0 Å². The van der Waals surface area contributed by atoms with Crippen LogP contribution >= 0.6 is 11.6 Å². The van der Waals surface area contributed by atoms with Crippen molar-refractivity contribution >= 4 is 33.2 Å². The summed E-state index contributed by atoms with van der Waals surface area (Å²) in [7, 11) is -3.28. The Labute approximate surface area is 162 Å². The largest absolute Gasteiger partial charge is 0.438 e. The molecule has 0 spiro atoms. The summed E-state index contributed by atoms with van der Waals surface area (Å²) < 4.78 is 35.3. The summed E-state index contributed by atoms with van der Waals surface area (Å²) in [5.74, 6) is 1.15. The van der Waals surface area contributed by atoms with Gasteiger partial charge in [-0.15, -0.1) is 0 Å². The smallest absolute Gasteiger partial charge is 0.226 e. The Bertz CT molecular complexity index is 999. The topological polar surface area (TPSA) is 108 Å². The van der Waals surface area contributed by atoms with Gasteiger partial charge < -0.3 is 20.1 Å². The predicted octanol–water partition coefficient (Wildman–Crippen LogP) is 2.33. The van der Waals surface area contributed by atoms with Crippen molar-refractivity contribution in [3.05, 3.63) is 34.3 Å². The van der Waals surface area contributed by atoms with E-state index in [-0.39, 0.29) is 23.6 Å². The van der Waals surface area contributed by atoms with Gasteiger partial charge in [0.2, 0.25) is 11.8 Å². The van der Waals surface area contributed by atoms with Crippen LogP contribution in [-0.4, -0.2) is 44.4 Å². The quantitative estimate of drug-likeness (QED) is 0.803. The fourth-order valence-electron chi connectivity index (χ4n) is 3.41. The Balaban J connectivity index is 1.93. The number of benzene rings is 1. The summed E-state index contributed by atoms with van der Waals surface area (Å²) in [6, 6.07) is 4.90. The van der Waals surface area contributed by atoms with E-state index >= 15 is 0 Å². The van der Waals surface area contributed by atoms with Crippen LogP contribution < -0.4 is 15.4 Å². The standard InChI is InChI=1S/C17H19ClN4O4S/c1-27(23,24)9-10-5-12(18)11-6-14(10)26-16-7-15(20-17(19)21-16)22-3-2-4-25-8-13(11)22/h5-7,13H,2-4,8-9H2,1H3,(H2,19,20,21)/t13-/m1/s1. The molecule has 10 heteroatoms. The van der Waals surface area contributed by atoms with Gasteiger partial charge in [-0.05, 0) is 24.1 Å². The van der Waals surface area contributed by atoms with Crippen molar-refractivity contribution in [1.82, 2.24) is 9.97 Å². The Hall–Kier alpha value is -2.10. The highest BCUT2D eigenvalue weighted by atomic mass is 35.5. The normalized spacial score (nSPS) is 19.2. The molecule has 0 unspecified atom stereocenters. The van der Waals surface area contributed by atoms with Crippen molar-refractivity contribution in [2.75, 3.05) is 36.6 Å². The highest BCUT2D eigenvalue weighted by Crippen LogP contribution is 2.40. The maximum absolute atomic E-state index is 11.8. The number of hydrogen-bond donors (Lipinski definition) is 1. The highest BCUT2D eigenvalue weighted by molar-refractivity contribution is 7.89. The second kappa shape index (κ2) is 6.81. The maximum Gasteiger partial charge on any atom is 0.226 e. The Morgan fingerprint density at radius 2 is 2.15 bits per heavy atom. The first-order valence-corrected chi connectivity index (χ1v) is 10.9. The molecule has 1 atom stereocenters. The summed E-state index contributed by atoms with van der Waals surface area (Å²) in [5, 5.41) is 0.456. The number of aromatic nitrogens is 2. The second-order valence-electron chi connectivity index (χ2n) is 6.71. The third kappa shape index (κ3) is 3.80. The molecule has 1 aromatic heterocycles. The van der Waals surface area contributed by atoms with Gasteiger partial charge in [-0.3, -0.25) is 0 Å². The van der Waals surface area contributed by atoms with E-state index in [2.05, 4.69) is 14.9 Å². The third-order valence-electron chi connectivity index (χ3n) is 4.51. The van der Waals surface area contributed by atoms with Crippen molar-refractivity contribution in [2.45, 2.75) is 18.2 Å². The van der Waals surface area contributed by atoms with E-state index in [0.29, 0.717) is 41.9 Å². The number of fused-ring (bicyclic) bond motifs is 7. The van der Waals surface area contributed by atoms with E-state index < -0.39 is 9.84 Å². The molecule has 4 rings (SSSR count). The fourth-order valence-corrected chi connectivity index (χ4v) is 4.51. The summed E-state index contributed by atoms with van der Waals surface area (Å²) in [6.45, 7) is 1.76. The van der Waals surface area contributed by atoms with Gasteiger partial charge in [-0.25, -0.2) is 8.42 Å². The molecule has 27 heavy (non-hydrogen) atoms. The van der Waals surface area contributed by atoms with Crippen molar-refractivity contribution < 1.29 is 17.9 Å². The van der Waals surface area contributed by atoms with Gasteiger partial charge in [0.15, 0.2) is 9.84 Å². The lowest BCUT2D eigenvalue weighted by Crippen LogP contribution is -2.31. The minimum atomic E-state index is -3.28. The SMILES string of the molecule is CS(=O)(=O)Cc1cc(Cl)c2cc1Oc1cc(nc(N)n1)N1CCCOC[C@H]21. The lowest BCUT2D eigenvalue weighted by atomic mass is 10.0. The second-order valence-corrected chi connectivity index (χ2v) is 9.26. The molecule has 1 fully saturated rings. The first-order chi connectivity index (χ1) is 12.8. The van der Waals surface area contributed by atoms with E-state index in [1.165, 1.54) is 6.26 Å². The van der Waals surface area contributed by atoms with Gasteiger partial charge in [0.25, 0.3) is 0 Å². The number of ether oxygens (including phenoxy) is 2. The minimum Gasteiger partial charge on any atom is -0.438 e. The third-order valence-corrected chi connectivity index (χ3v) is 5.67. The number of nitrogens with two attached hydrogens (primary N) is 1. The van der Waals surface area contributed by atoms with E-state index in [1.807, 2.05) is 0 Å². The Kier molecular flexibility index (Phi) is 4.61. The zero-order valence-corrected chi connectivity index (χ0v) is 16.3. The molecule has 2 N–H and O–H groups in total. The lowest BCUT2D eigenvalue weighted by molar-refractivity contribution is 0.134. The summed E-state index contributed by atoms with van der Waals surface area (Å²) >= 11 is 6.55. The number of nitrogen functional groups attached to an aromatic ring is 1. The van der Waals surface area contributed by atoms with Crippen molar-refractivity contribution in [2.24, 2.45) is 0 Å². The molecular weight excluding hydrogens is 392 g/mol. The molecule has 4 bridgehead atoms. The van der Waals surface area contributed by atoms with Gasteiger partial charge in [-0.1, -0.05) is 11.6 Å². The molecule has 144 valence electrons. The average Bonchev–Trinajstić information content (AvgIpc) is 2.79. The number of hydrogen-bond acceptors (Lipinski definition) is 8. The van der Waals surface area contributed by atoms with Crippen molar-refractivity contribution in [3.63, 3.8) is 0 Å². The van der Waals surface area contributed by atoms with Crippen LogP contribution in [-0.2, 0) is 20.3 Å². The lowest BCUT2D eigenvalue weighted by Gasteiger charge is -2.31. The molecule has 0 saturated carbocycles. The maximum atomic E-state index is 11.8. The number of sulfone groups is 1. The van der Waals surface area contributed by atoms with Crippen LogP contribution in [0.15, 0.2) is 18.2 Å². The molecule has 2 aliphatic heterocycles. The molecule has 0 radical (unpaired) electrons. The van der Waals surface area contributed by atoms with Crippen LogP contribution in [0.2, 0.25) is 5.02 Å². The number of anilines is 2. The first kappa shape index (κ1) is 18.3. The van der Waals surface area contributed by atoms with Crippen LogP contribution in [0.5, 0.6) is 11.6 Å².